The number of nitrogens with zero attached hydrogens (tertiary/aromatic N) is 1. The van der Waals surface area contributed by atoms with E-state index in [0.29, 0.717) is 6.61 Å². The van der Waals surface area contributed by atoms with Crippen molar-refractivity contribution in [2.75, 3.05) is 13.2 Å². The van der Waals surface area contributed by atoms with Crippen molar-refractivity contribution >= 4 is 11.3 Å². The van der Waals surface area contributed by atoms with E-state index in [9.17, 15) is 0 Å². The van der Waals surface area contributed by atoms with E-state index in [-0.39, 0.29) is 0 Å². The lowest BCUT2D eigenvalue weighted by atomic mass is 10.2. The number of hydrogen-bond acceptors (Lipinski definition) is 4. The molecule has 1 aromatic carbocycles. The molecule has 0 atom stereocenters. The maximum atomic E-state index is 5.75. The Bertz CT molecular complexity index is 525. The summed E-state index contributed by atoms with van der Waals surface area (Å²) in [7, 11) is 0. The molecule has 0 saturated carbocycles. The highest BCUT2D eigenvalue weighted by Crippen LogP contribution is 2.14. The normalized spacial score (nSPS) is 10.7. The van der Waals surface area contributed by atoms with Gasteiger partial charge in [0.05, 0.1) is 17.3 Å². The number of ether oxygens (including phenoxy) is 1. The Balaban J connectivity index is 1.74. The van der Waals surface area contributed by atoms with Gasteiger partial charge in [0.25, 0.3) is 0 Å². The van der Waals surface area contributed by atoms with Gasteiger partial charge in [-0.3, -0.25) is 0 Å². The van der Waals surface area contributed by atoms with Crippen molar-refractivity contribution in [3.8, 4) is 5.75 Å². The highest BCUT2D eigenvalue weighted by Gasteiger charge is 2.02. The van der Waals surface area contributed by atoms with Gasteiger partial charge in [-0.25, -0.2) is 4.98 Å². The number of benzene rings is 1. The minimum Gasteiger partial charge on any atom is -0.493 e. The van der Waals surface area contributed by atoms with Crippen LogP contribution in [0.5, 0.6) is 5.75 Å². The minimum atomic E-state index is 0.679. The van der Waals surface area contributed by atoms with Gasteiger partial charge in [-0.15, -0.1) is 11.3 Å². The maximum Gasteiger partial charge on any atom is 0.119 e. The topological polar surface area (TPSA) is 34.1 Å². The van der Waals surface area contributed by atoms with Crippen LogP contribution in [0, 0.1) is 6.92 Å². The summed E-state index contributed by atoms with van der Waals surface area (Å²) in [6.45, 7) is 6.83. The highest BCUT2D eigenvalue weighted by atomic mass is 32.1. The predicted octanol–water partition coefficient (Wildman–Crippen LogP) is 3.57. The van der Waals surface area contributed by atoms with Crippen LogP contribution >= 0.6 is 11.3 Å². The summed E-state index contributed by atoms with van der Waals surface area (Å²) in [6.07, 6.45) is 2.02. The fourth-order valence-corrected chi connectivity index (χ4v) is 2.68. The smallest absolute Gasteiger partial charge is 0.119 e. The summed E-state index contributed by atoms with van der Waals surface area (Å²) in [6, 6.07) is 8.14. The molecule has 0 bridgehead atoms. The number of aromatic nitrogens is 1. The fourth-order valence-electron chi connectivity index (χ4n) is 1.90. The minimum absolute atomic E-state index is 0.679. The molecule has 2 rings (SSSR count). The summed E-state index contributed by atoms with van der Waals surface area (Å²) < 4.78 is 5.75. The molecule has 108 valence electrons. The lowest BCUT2D eigenvalue weighted by molar-refractivity contribution is 0.321. The molecule has 0 unspecified atom stereocenters. The molecule has 4 heteroatoms. The van der Waals surface area contributed by atoms with E-state index in [1.54, 1.807) is 11.3 Å². The molecule has 0 aliphatic carbocycles. The van der Waals surface area contributed by atoms with Crippen LogP contribution in [-0.2, 0) is 13.0 Å². The van der Waals surface area contributed by atoms with Crippen molar-refractivity contribution in [2.45, 2.75) is 33.2 Å². The van der Waals surface area contributed by atoms with Crippen molar-refractivity contribution in [1.82, 2.24) is 10.3 Å². The van der Waals surface area contributed by atoms with Gasteiger partial charge in [-0.05, 0) is 37.6 Å². The number of hydrogen-bond donors (Lipinski definition) is 1. The number of thiazole rings is 1. The standard InChI is InChI=1S/C16H22N2OS/c1-3-8-17-11-14-12-20-16(18-14)7-9-19-15-6-4-5-13(2)10-15/h4-6,10,12,17H,3,7-9,11H2,1-2H3. The zero-order chi connectivity index (χ0) is 14.2. The Morgan fingerprint density at radius 3 is 3.05 bits per heavy atom. The Labute approximate surface area is 125 Å². The van der Waals surface area contributed by atoms with Gasteiger partial charge in [-0.2, -0.15) is 0 Å². The number of nitrogens with one attached hydrogen (secondary N) is 1. The van der Waals surface area contributed by atoms with E-state index < -0.39 is 0 Å². The molecule has 1 N–H and O–H groups in total. The monoisotopic (exact) mass is 290 g/mol. The first-order valence-corrected chi connectivity index (χ1v) is 7.99. The van der Waals surface area contributed by atoms with E-state index in [2.05, 4.69) is 41.7 Å². The second kappa shape index (κ2) is 8.02. The summed E-state index contributed by atoms with van der Waals surface area (Å²) in [5.41, 5.74) is 2.36. The molecule has 3 nitrogen and oxygen atoms in total. The maximum absolute atomic E-state index is 5.75. The van der Waals surface area contributed by atoms with Crippen LogP contribution in [0.15, 0.2) is 29.6 Å². The second-order valence-corrected chi connectivity index (χ2v) is 5.77. The third kappa shape index (κ3) is 4.94. The largest absolute Gasteiger partial charge is 0.493 e. The van der Waals surface area contributed by atoms with Crippen molar-refractivity contribution in [2.24, 2.45) is 0 Å². The van der Waals surface area contributed by atoms with Crippen LogP contribution in [0.25, 0.3) is 0 Å². The summed E-state index contributed by atoms with van der Waals surface area (Å²) >= 11 is 1.71. The molecule has 0 spiro atoms. The molecule has 0 radical (unpaired) electrons. The predicted molar refractivity (Wildman–Crippen MR) is 84.5 cm³/mol. The SMILES string of the molecule is CCCNCc1csc(CCOc2cccc(C)c2)n1. The van der Waals surface area contributed by atoms with Crippen LogP contribution in [0.2, 0.25) is 0 Å². The van der Waals surface area contributed by atoms with Crippen molar-refractivity contribution in [1.29, 1.82) is 0 Å². The first-order valence-electron chi connectivity index (χ1n) is 7.11. The van der Waals surface area contributed by atoms with Crippen molar-refractivity contribution in [3.63, 3.8) is 0 Å². The van der Waals surface area contributed by atoms with E-state index in [1.807, 2.05) is 12.1 Å². The molecule has 1 aromatic heterocycles. The molecular weight excluding hydrogens is 268 g/mol. The Kier molecular flexibility index (Phi) is 6.02. The number of aryl methyl sites for hydroxylation is 1. The molecule has 0 aliphatic heterocycles. The van der Waals surface area contributed by atoms with Gasteiger partial charge < -0.3 is 10.1 Å². The quantitative estimate of drug-likeness (QED) is 0.755. The number of rotatable bonds is 8. The van der Waals surface area contributed by atoms with Gasteiger partial charge in [0.1, 0.15) is 5.75 Å². The Hall–Kier alpha value is -1.39. The molecule has 0 saturated heterocycles. The highest BCUT2D eigenvalue weighted by molar-refractivity contribution is 7.09. The van der Waals surface area contributed by atoms with Crippen LogP contribution in [0.3, 0.4) is 0 Å². The molecule has 20 heavy (non-hydrogen) atoms. The van der Waals surface area contributed by atoms with Crippen LogP contribution in [0.4, 0.5) is 0 Å². The van der Waals surface area contributed by atoms with E-state index in [0.717, 1.165) is 42.4 Å². The molecule has 0 fully saturated rings. The third-order valence-electron chi connectivity index (χ3n) is 2.91. The van der Waals surface area contributed by atoms with Gasteiger partial charge in [0.2, 0.25) is 0 Å². The second-order valence-electron chi connectivity index (χ2n) is 4.82. The average molecular weight is 290 g/mol. The lowest BCUT2D eigenvalue weighted by Gasteiger charge is -2.05. The van der Waals surface area contributed by atoms with Crippen molar-refractivity contribution in [3.05, 3.63) is 45.9 Å². The molecule has 0 amide bonds. The van der Waals surface area contributed by atoms with Crippen molar-refractivity contribution < 1.29 is 4.74 Å². The molecule has 0 aliphatic rings. The molecule has 1 heterocycles. The van der Waals surface area contributed by atoms with Crippen LogP contribution in [0.1, 0.15) is 29.6 Å². The summed E-state index contributed by atoms with van der Waals surface area (Å²) in [4.78, 5) is 4.61. The first kappa shape index (κ1) is 15.0. The van der Waals surface area contributed by atoms with Gasteiger partial charge in [0, 0.05) is 18.3 Å². The van der Waals surface area contributed by atoms with Crippen LogP contribution < -0.4 is 10.1 Å². The fraction of sp³-hybridized carbons (Fsp3) is 0.438. The summed E-state index contributed by atoms with van der Waals surface area (Å²) in [5, 5.41) is 6.64. The average Bonchev–Trinajstić information content (AvgIpc) is 2.87. The lowest BCUT2D eigenvalue weighted by Crippen LogP contribution is -2.14. The molecule has 2 aromatic rings. The van der Waals surface area contributed by atoms with Gasteiger partial charge in [-0.1, -0.05) is 19.1 Å². The van der Waals surface area contributed by atoms with E-state index in [4.69, 9.17) is 4.74 Å². The Morgan fingerprint density at radius 1 is 1.35 bits per heavy atom. The zero-order valence-corrected chi connectivity index (χ0v) is 13.0. The summed E-state index contributed by atoms with van der Waals surface area (Å²) in [5.74, 6) is 0.936. The Morgan fingerprint density at radius 2 is 2.25 bits per heavy atom. The van der Waals surface area contributed by atoms with E-state index in [1.165, 1.54) is 5.56 Å². The molecular formula is C16H22N2OS. The van der Waals surface area contributed by atoms with Gasteiger partial charge in [0.15, 0.2) is 0 Å². The van der Waals surface area contributed by atoms with E-state index >= 15 is 0 Å². The zero-order valence-electron chi connectivity index (χ0n) is 12.2. The third-order valence-corrected chi connectivity index (χ3v) is 3.86. The van der Waals surface area contributed by atoms with Crippen LogP contribution in [-0.4, -0.2) is 18.1 Å². The van der Waals surface area contributed by atoms with Gasteiger partial charge >= 0.3 is 0 Å². The first-order chi connectivity index (χ1) is 9.78.